The Morgan fingerprint density at radius 2 is 1.00 bits per heavy atom. The molecule has 9 heteroatoms. The van der Waals surface area contributed by atoms with Crippen LogP contribution in [0.4, 0.5) is 0 Å². The van der Waals surface area contributed by atoms with Crippen molar-refractivity contribution in [3.8, 4) is 44.8 Å². The summed E-state index contributed by atoms with van der Waals surface area (Å²) >= 11 is 3.17. The number of aryl methyl sites for hydroxylation is 2. The van der Waals surface area contributed by atoms with Gasteiger partial charge >= 0.3 is 0 Å². The van der Waals surface area contributed by atoms with E-state index in [4.69, 9.17) is 15.4 Å². The van der Waals surface area contributed by atoms with E-state index in [0.717, 1.165) is 77.7 Å². The Balaban J connectivity index is 1.28. The number of guanidine groups is 1. The van der Waals surface area contributed by atoms with Gasteiger partial charge in [-0.15, -0.1) is 22.7 Å². The zero-order valence-electron chi connectivity index (χ0n) is 31.7. The number of hydrazone groups is 2. The summed E-state index contributed by atoms with van der Waals surface area (Å²) in [7, 11) is 0. The van der Waals surface area contributed by atoms with Gasteiger partial charge in [0.15, 0.2) is 0 Å². The Hall–Kier alpha value is -4.57. The number of thiazole rings is 2. The molecular weight excluding hydrogens is 679 g/mol. The fourth-order valence-corrected chi connectivity index (χ4v) is 7.51. The highest BCUT2D eigenvalue weighted by atomic mass is 32.1. The van der Waals surface area contributed by atoms with Gasteiger partial charge in [-0.25, -0.2) is 20.8 Å². The van der Waals surface area contributed by atoms with Crippen molar-refractivity contribution in [2.45, 2.75) is 119 Å². The van der Waals surface area contributed by atoms with E-state index in [-0.39, 0.29) is 5.96 Å². The van der Waals surface area contributed by atoms with Crippen LogP contribution < -0.4 is 10.9 Å². The van der Waals surface area contributed by atoms with E-state index in [1.165, 1.54) is 64.2 Å². The number of nitrogens with one attached hydrogen (secondary N) is 3. The van der Waals surface area contributed by atoms with E-state index in [0.29, 0.717) is 0 Å². The van der Waals surface area contributed by atoms with Crippen molar-refractivity contribution in [1.29, 1.82) is 5.41 Å². The minimum absolute atomic E-state index is 0.0289. The maximum absolute atomic E-state index is 8.34. The summed E-state index contributed by atoms with van der Waals surface area (Å²) in [6, 6.07) is 16.6. The Bertz CT molecular complexity index is 1790. The molecule has 2 aromatic heterocycles. The summed E-state index contributed by atoms with van der Waals surface area (Å²) in [5, 5.41) is 19.1. The third-order valence-electron chi connectivity index (χ3n) is 8.46. The predicted molar refractivity (Wildman–Crippen MR) is 224 cm³/mol. The quantitative estimate of drug-likeness (QED) is 0.0351. The molecule has 0 amide bonds. The Morgan fingerprint density at radius 3 is 1.38 bits per heavy atom. The molecule has 0 saturated carbocycles. The van der Waals surface area contributed by atoms with Gasteiger partial charge in [0, 0.05) is 35.1 Å². The van der Waals surface area contributed by atoms with Crippen LogP contribution in [0.5, 0.6) is 0 Å². The zero-order chi connectivity index (χ0) is 37.1. The molecule has 0 spiro atoms. The van der Waals surface area contributed by atoms with Crippen LogP contribution in [-0.2, 0) is 0 Å². The van der Waals surface area contributed by atoms with Gasteiger partial charge in [0.2, 0.25) is 5.96 Å². The first-order chi connectivity index (χ1) is 25.3. The average Bonchev–Trinajstić information content (AvgIpc) is 3.75. The average molecular weight is 732 g/mol. The van der Waals surface area contributed by atoms with Crippen molar-refractivity contribution in [1.82, 2.24) is 20.8 Å². The molecule has 0 radical (unpaired) electrons. The molecule has 3 N–H and O–H groups in total. The molecule has 7 nitrogen and oxygen atoms in total. The van der Waals surface area contributed by atoms with Gasteiger partial charge in [-0.2, -0.15) is 10.2 Å². The third kappa shape index (κ3) is 12.9. The molecule has 0 aliphatic heterocycles. The molecule has 4 aromatic rings. The van der Waals surface area contributed by atoms with E-state index < -0.39 is 0 Å². The zero-order valence-corrected chi connectivity index (χ0v) is 33.3. The first-order valence-electron chi connectivity index (χ1n) is 18.6. The van der Waals surface area contributed by atoms with E-state index in [1.54, 1.807) is 22.7 Å². The second-order valence-electron chi connectivity index (χ2n) is 12.9. The fourth-order valence-electron chi connectivity index (χ4n) is 5.47. The number of benzene rings is 2. The van der Waals surface area contributed by atoms with Crippen molar-refractivity contribution in [3.05, 3.63) is 80.8 Å². The van der Waals surface area contributed by atoms with Gasteiger partial charge in [0.25, 0.3) is 0 Å². The lowest BCUT2D eigenvalue weighted by molar-refractivity contribution is 0.641. The van der Waals surface area contributed by atoms with Crippen molar-refractivity contribution < 1.29 is 0 Å². The number of rotatable bonds is 16. The van der Waals surface area contributed by atoms with Gasteiger partial charge in [-0.3, -0.25) is 5.41 Å². The summed E-state index contributed by atoms with van der Waals surface area (Å²) in [4.78, 5) is 11.5. The highest BCUT2D eigenvalue weighted by molar-refractivity contribution is 7.17. The lowest BCUT2D eigenvalue weighted by atomic mass is 10.1. The Morgan fingerprint density at radius 1 is 0.615 bits per heavy atom. The van der Waals surface area contributed by atoms with Crippen LogP contribution in [0.2, 0.25) is 0 Å². The second-order valence-corrected chi connectivity index (χ2v) is 14.9. The van der Waals surface area contributed by atoms with Crippen LogP contribution in [0, 0.1) is 42.9 Å². The summed E-state index contributed by atoms with van der Waals surface area (Å²) in [5.41, 5.74) is 13.0. The molecule has 0 atom stereocenters. The topological polar surface area (TPSA) is 98.4 Å². The summed E-state index contributed by atoms with van der Waals surface area (Å²) in [6.07, 6.45) is 14.5. The largest absolute Gasteiger partial charge is 0.266 e. The van der Waals surface area contributed by atoms with Crippen LogP contribution in [0.15, 0.2) is 58.7 Å². The summed E-state index contributed by atoms with van der Waals surface area (Å²) in [5.74, 6) is 13.2. The molecule has 52 heavy (non-hydrogen) atoms. The molecule has 2 aromatic carbocycles. The molecule has 2 heterocycles. The number of unbranched alkanes of at least 4 members (excludes halogenated alkanes) is 10. The molecule has 4 rings (SSSR count). The molecule has 0 unspecified atom stereocenters. The number of nitrogens with zero attached hydrogens (tertiary/aromatic N) is 4. The highest BCUT2D eigenvalue weighted by Crippen LogP contribution is 2.30. The van der Waals surface area contributed by atoms with Crippen molar-refractivity contribution in [2.75, 3.05) is 0 Å². The van der Waals surface area contributed by atoms with Crippen LogP contribution in [0.25, 0.3) is 21.1 Å². The van der Waals surface area contributed by atoms with Gasteiger partial charge in [0.1, 0.15) is 10.0 Å². The van der Waals surface area contributed by atoms with Crippen molar-refractivity contribution in [3.63, 3.8) is 0 Å². The third-order valence-corrected chi connectivity index (χ3v) is 11.1. The van der Waals surface area contributed by atoms with Gasteiger partial charge in [-0.05, 0) is 64.8 Å². The minimum atomic E-state index is -0.0289. The molecular formula is C43H53N7S2. The number of hydrogen-bond donors (Lipinski definition) is 3. The minimum Gasteiger partial charge on any atom is -0.266 e. The maximum Gasteiger partial charge on any atom is 0.230 e. The normalized spacial score (nSPS) is 11.4. The summed E-state index contributed by atoms with van der Waals surface area (Å²) < 4.78 is 0. The lowest BCUT2D eigenvalue weighted by Gasteiger charge is -2.05. The highest BCUT2D eigenvalue weighted by Gasteiger charge is 2.14. The fraction of sp³-hybridized carbons (Fsp3) is 0.419. The van der Waals surface area contributed by atoms with Crippen LogP contribution >= 0.6 is 22.7 Å². The lowest BCUT2D eigenvalue weighted by Crippen LogP contribution is -2.30. The number of hydrogen-bond acceptors (Lipinski definition) is 7. The van der Waals surface area contributed by atoms with E-state index in [2.05, 4.69) is 107 Å². The summed E-state index contributed by atoms with van der Waals surface area (Å²) in [6.45, 7) is 12.3. The molecule has 0 bridgehead atoms. The molecule has 0 aliphatic carbocycles. The van der Waals surface area contributed by atoms with Crippen molar-refractivity contribution in [2.24, 2.45) is 10.2 Å². The van der Waals surface area contributed by atoms with E-state index in [1.807, 2.05) is 27.7 Å². The second kappa shape index (κ2) is 21.7. The van der Waals surface area contributed by atoms with E-state index >= 15 is 0 Å². The Labute approximate surface area is 319 Å². The first-order valence-corrected chi connectivity index (χ1v) is 20.3. The number of aromatic nitrogens is 2. The molecule has 0 aliphatic rings. The molecule has 0 fully saturated rings. The van der Waals surface area contributed by atoms with Crippen molar-refractivity contribution >= 4 is 40.1 Å². The Kier molecular flexibility index (Phi) is 16.8. The molecule has 272 valence electrons. The maximum atomic E-state index is 8.34. The predicted octanol–water partition coefficient (Wildman–Crippen LogP) is 11.2. The SMILES string of the molecule is CCCCCCCC#Cc1ccc(-c2nc(C)c(/C(C)=N\NC(=N)N/N=C(\C)c3sc(-c4ccc(C#CCCCCCCC)cc4)nc3C)s2)cc1. The van der Waals surface area contributed by atoms with Crippen LogP contribution in [0.1, 0.15) is 137 Å². The first kappa shape index (κ1) is 40.2. The smallest absolute Gasteiger partial charge is 0.230 e. The molecule has 0 saturated heterocycles. The standard InChI is InChI=1S/C43H53N7S2/c1-7-9-11-13-15-17-19-21-35-23-27-37(28-24-35)41-45-31(3)39(51-41)33(5)47-49-43(44)50-48-34(6)40-32(4)46-42(52-40)38-29-25-36(26-30-38)22-20-18-16-14-12-10-8-2/h23-30H,7-18H2,1-6H3,(H3,44,49,50)/b47-33-,48-34+. The van der Waals surface area contributed by atoms with Crippen LogP contribution in [-0.4, -0.2) is 27.4 Å². The van der Waals surface area contributed by atoms with Gasteiger partial charge in [0.05, 0.1) is 32.6 Å². The van der Waals surface area contributed by atoms with E-state index in [9.17, 15) is 0 Å². The van der Waals surface area contributed by atoms with Gasteiger partial charge in [-0.1, -0.05) is 113 Å². The van der Waals surface area contributed by atoms with Crippen LogP contribution in [0.3, 0.4) is 0 Å². The van der Waals surface area contributed by atoms with Gasteiger partial charge < -0.3 is 0 Å². The monoisotopic (exact) mass is 731 g/mol.